The molecular formula is C19H29N3O2S. The van der Waals surface area contributed by atoms with Crippen molar-refractivity contribution in [1.82, 2.24) is 14.6 Å². The zero-order valence-electron chi connectivity index (χ0n) is 15.2. The molecule has 6 heteroatoms. The number of hydrogen-bond acceptors (Lipinski definition) is 4. The lowest BCUT2D eigenvalue weighted by Crippen LogP contribution is -2.37. The number of rotatable bonds is 11. The summed E-state index contributed by atoms with van der Waals surface area (Å²) >= 11 is 0. The molecule has 0 radical (unpaired) electrons. The Hall–Kier alpha value is -1.50. The Morgan fingerprint density at radius 3 is 2.68 bits per heavy atom. The summed E-state index contributed by atoms with van der Waals surface area (Å²) in [6.45, 7) is 6.63. The van der Waals surface area contributed by atoms with Crippen LogP contribution in [0.1, 0.15) is 39.5 Å². The van der Waals surface area contributed by atoms with Crippen molar-refractivity contribution in [2.75, 3.05) is 26.2 Å². The predicted molar refractivity (Wildman–Crippen MR) is 103 cm³/mol. The summed E-state index contributed by atoms with van der Waals surface area (Å²) in [5.74, 6) is 0. The largest absolute Gasteiger partial charge is 0.315 e. The maximum absolute atomic E-state index is 13.1. The Morgan fingerprint density at radius 1 is 1.08 bits per heavy atom. The summed E-state index contributed by atoms with van der Waals surface area (Å²) in [6.07, 6.45) is 8.18. The van der Waals surface area contributed by atoms with Crippen LogP contribution in [-0.4, -0.2) is 43.9 Å². The fourth-order valence-corrected chi connectivity index (χ4v) is 4.57. The number of likely N-dealkylation sites (N-methyl/N-ethyl adjacent to an activating group) is 1. The average Bonchev–Trinajstić information content (AvgIpc) is 2.63. The van der Waals surface area contributed by atoms with Crippen LogP contribution >= 0.6 is 0 Å². The van der Waals surface area contributed by atoms with E-state index in [-0.39, 0.29) is 0 Å². The molecule has 1 aromatic heterocycles. The SMILES string of the molecule is CCCCCCNCCN(CC)S(=O)(=O)c1cccc2cnccc12. The highest BCUT2D eigenvalue weighted by molar-refractivity contribution is 7.89. The summed E-state index contributed by atoms with van der Waals surface area (Å²) in [6, 6.07) is 7.10. The van der Waals surface area contributed by atoms with Crippen LogP contribution in [0, 0.1) is 0 Å². The van der Waals surface area contributed by atoms with Crippen molar-refractivity contribution in [3.05, 3.63) is 36.7 Å². The number of benzene rings is 1. The highest BCUT2D eigenvalue weighted by Gasteiger charge is 2.24. The molecule has 0 amide bonds. The summed E-state index contributed by atoms with van der Waals surface area (Å²) in [5.41, 5.74) is 0. The van der Waals surface area contributed by atoms with E-state index in [4.69, 9.17) is 0 Å². The van der Waals surface area contributed by atoms with E-state index in [1.807, 2.05) is 13.0 Å². The number of hydrogen-bond donors (Lipinski definition) is 1. The lowest BCUT2D eigenvalue weighted by molar-refractivity contribution is 0.418. The summed E-state index contributed by atoms with van der Waals surface area (Å²) in [5, 5.41) is 4.92. The van der Waals surface area contributed by atoms with Crippen LogP contribution in [0.15, 0.2) is 41.6 Å². The molecule has 0 atom stereocenters. The Balaban J connectivity index is 2.03. The normalized spacial score (nSPS) is 12.1. The summed E-state index contributed by atoms with van der Waals surface area (Å²) in [7, 11) is -3.51. The smallest absolute Gasteiger partial charge is 0.243 e. The molecule has 0 spiro atoms. The van der Waals surface area contributed by atoms with Gasteiger partial charge >= 0.3 is 0 Å². The highest BCUT2D eigenvalue weighted by Crippen LogP contribution is 2.24. The zero-order chi connectivity index (χ0) is 18.1. The third-order valence-corrected chi connectivity index (χ3v) is 6.39. The van der Waals surface area contributed by atoms with Gasteiger partial charge in [0.05, 0.1) is 4.90 Å². The molecule has 5 nitrogen and oxygen atoms in total. The Bertz CT molecular complexity index is 757. The van der Waals surface area contributed by atoms with E-state index < -0.39 is 10.0 Å². The monoisotopic (exact) mass is 363 g/mol. The molecule has 25 heavy (non-hydrogen) atoms. The first-order valence-corrected chi connectivity index (χ1v) is 10.6. The van der Waals surface area contributed by atoms with E-state index in [0.717, 1.165) is 23.7 Å². The van der Waals surface area contributed by atoms with Crippen molar-refractivity contribution in [3.63, 3.8) is 0 Å². The molecule has 2 rings (SSSR count). The molecule has 138 valence electrons. The van der Waals surface area contributed by atoms with Gasteiger partial charge in [0.1, 0.15) is 0 Å². The van der Waals surface area contributed by atoms with E-state index in [1.54, 1.807) is 34.9 Å². The van der Waals surface area contributed by atoms with Crippen LogP contribution in [0.25, 0.3) is 10.8 Å². The Morgan fingerprint density at radius 2 is 1.92 bits per heavy atom. The minimum Gasteiger partial charge on any atom is -0.315 e. The standard InChI is InChI=1S/C19H29N3O2S/c1-3-5-6-7-12-20-14-15-22(4-2)25(23,24)19-10-8-9-17-16-21-13-11-18(17)19/h8-11,13,16,20H,3-7,12,14-15H2,1-2H3. The van der Waals surface area contributed by atoms with Crippen molar-refractivity contribution in [1.29, 1.82) is 0 Å². The summed E-state index contributed by atoms with van der Waals surface area (Å²) < 4.78 is 27.7. The molecule has 0 saturated heterocycles. The number of nitrogens with zero attached hydrogens (tertiary/aromatic N) is 2. The second kappa shape index (κ2) is 9.85. The van der Waals surface area contributed by atoms with Gasteiger partial charge in [0.2, 0.25) is 10.0 Å². The Kier molecular flexibility index (Phi) is 7.81. The predicted octanol–water partition coefficient (Wildman–Crippen LogP) is 3.42. The van der Waals surface area contributed by atoms with Gasteiger partial charge in [-0.05, 0) is 25.1 Å². The van der Waals surface area contributed by atoms with Crippen molar-refractivity contribution >= 4 is 20.8 Å². The third-order valence-electron chi connectivity index (χ3n) is 4.36. The van der Waals surface area contributed by atoms with Gasteiger partial charge in [-0.1, -0.05) is 45.2 Å². The van der Waals surface area contributed by atoms with Crippen LogP contribution < -0.4 is 5.32 Å². The lowest BCUT2D eigenvalue weighted by atomic mass is 10.2. The van der Waals surface area contributed by atoms with Crippen molar-refractivity contribution in [2.24, 2.45) is 0 Å². The molecule has 0 bridgehead atoms. The van der Waals surface area contributed by atoms with Crippen LogP contribution in [0.5, 0.6) is 0 Å². The number of sulfonamides is 1. The quantitative estimate of drug-likeness (QED) is 0.622. The van der Waals surface area contributed by atoms with Crippen LogP contribution in [0.3, 0.4) is 0 Å². The molecule has 0 aliphatic heterocycles. The van der Waals surface area contributed by atoms with Gasteiger partial charge < -0.3 is 5.32 Å². The first kappa shape index (κ1) is 19.8. The average molecular weight is 364 g/mol. The fraction of sp³-hybridized carbons (Fsp3) is 0.526. The highest BCUT2D eigenvalue weighted by atomic mass is 32.2. The van der Waals surface area contributed by atoms with E-state index in [1.165, 1.54) is 19.3 Å². The van der Waals surface area contributed by atoms with Gasteiger partial charge in [-0.25, -0.2) is 8.42 Å². The molecule has 1 N–H and O–H groups in total. The second-order valence-electron chi connectivity index (χ2n) is 6.16. The maximum atomic E-state index is 13.1. The molecule has 0 saturated carbocycles. The van der Waals surface area contributed by atoms with Gasteiger partial charge in [0.15, 0.2) is 0 Å². The minimum absolute atomic E-state index is 0.359. The van der Waals surface area contributed by atoms with E-state index >= 15 is 0 Å². The van der Waals surface area contributed by atoms with Gasteiger partial charge in [-0.3, -0.25) is 4.98 Å². The first-order valence-electron chi connectivity index (χ1n) is 9.14. The number of aromatic nitrogens is 1. The second-order valence-corrected chi connectivity index (χ2v) is 8.07. The molecule has 0 aliphatic carbocycles. The van der Waals surface area contributed by atoms with Gasteiger partial charge in [0.25, 0.3) is 0 Å². The number of fused-ring (bicyclic) bond motifs is 1. The molecule has 1 heterocycles. The van der Waals surface area contributed by atoms with Gasteiger partial charge in [0, 0.05) is 42.8 Å². The number of unbranched alkanes of at least 4 members (excludes halogenated alkanes) is 3. The van der Waals surface area contributed by atoms with Gasteiger partial charge in [-0.15, -0.1) is 0 Å². The molecule has 1 aromatic carbocycles. The molecule has 0 aliphatic rings. The molecule has 0 fully saturated rings. The topological polar surface area (TPSA) is 62.3 Å². The first-order chi connectivity index (χ1) is 12.1. The molecular weight excluding hydrogens is 334 g/mol. The van der Waals surface area contributed by atoms with Crippen LogP contribution in [0.4, 0.5) is 0 Å². The maximum Gasteiger partial charge on any atom is 0.243 e. The van der Waals surface area contributed by atoms with E-state index in [0.29, 0.717) is 24.5 Å². The van der Waals surface area contributed by atoms with E-state index in [2.05, 4.69) is 17.2 Å². The molecule has 2 aromatic rings. The van der Waals surface area contributed by atoms with Crippen LogP contribution in [0.2, 0.25) is 0 Å². The van der Waals surface area contributed by atoms with Crippen molar-refractivity contribution in [2.45, 2.75) is 44.4 Å². The fourth-order valence-electron chi connectivity index (χ4n) is 2.91. The van der Waals surface area contributed by atoms with Crippen molar-refractivity contribution < 1.29 is 8.42 Å². The summed E-state index contributed by atoms with van der Waals surface area (Å²) in [4.78, 5) is 4.43. The van der Waals surface area contributed by atoms with E-state index in [9.17, 15) is 8.42 Å². The number of pyridine rings is 1. The van der Waals surface area contributed by atoms with Crippen molar-refractivity contribution in [3.8, 4) is 0 Å². The lowest BCUT2D eigenvalue weighted by Gasteiger charge is -2.21. The molecule has 0 unspecified atom stereocenters. The minimum atomic E-state index is -3.51. The Labute approximate surface area is 151 Å². The van der Waals surface area contributed by atoms with Crippen LogP contribution in [-0.2, 0) is 10.0 Å². The van der Waals surface area contributed by atoms with Gasteiger partial charge in [-0.2, -0.15) is 4.31 Å². The zero-order valence-corrected chi connectivity index (χ0v) is 16.1. The third kappa shape index (κ3) is 5.23. The number of nitrogens with one attached hydrogen (secondary N) is 1.